The van der Waals surface area contributed by atoms with E-state index in [1.807, 2.05) is 24.3 Å². The number of piperidine rings is 1. The van der Waals surface area contributed by atoms with Crippen LogP contribution >= 0.6 is 11.6 Å². The maximum atomic E-state index is 11.5. The third-order valence-electron chi connectivity index (χ3n) is 4.18. The van der Waals surface area contributed by atoms with Crippen molar-refractivity contribution in [1.29, 1.82) is 0 Å². The van der Waals surface area contributed by atoms with Crippen molar-refractivity contribution in [1.82, 2.24) is 10.1 Å². The summed E-state index contributed by atoms with van der Waals surface area (Å²) in [7, 11) is 1.44. The number of rotatable bonds is 4. The van der Waals surface area contributed by atoms with Crippen molar-refractivity contribution < 1.29 is 19.0 Å². The number of benzene rings is 1. The summed E-state index contributed by atoms with van der Waals surface area (Å²) in [6, 6.07) is 7.37. The van der Waals surface area contributed by atoms with Gasteiger partial charge >= 0.3 is 5.97 Å². The molecule has 0 aliphatic carbocycles. The zero-order valence-electron chi connectivity index (χ0n) is 12.9. The van der Waals surface area contributed by atoms with Crippen molar-refractivity contribution in [3.05, 3.63) is 35.2 Å². The Kier molecular flexibility index (Phi) is 4.93. The van der Waals surface area contributed by atoms with E-state index in [1.165, 1.54) is 12.0 Å². The van der Waals surface area contributed by atoms with E-state index in [0.29, 0.717) is 23.3 Å². The van der Waals surface area contributed by atoms with E-state index in [4.69, 9.17) is 20.9 Å². The molecule has 7 heteroatoms. The van der Waals surface area contributed by atoms with Gasteiger partial charge in [-0.2, -0.15) is 4.98 Å². The third kappa shape index (κ3) is 3.89. The maximum absolute atomic E-state index is 11.5. The number of carbonyl (C=O) groups excluding carboxylic acids is 1. The van der Waals surface area contributed by atoms with Gasteiger partial charge in [0.15, 0.2) is 6.54 Å². The smallest absolute Gasteiger partial charge is 0.309 e. The van der Waals surface area contributed by atoms with E-state index in [-0.39, 0.29) is 11.9 Å². The molecule has 0 radical (unpaired) electrons. The van der Waals surface area contributed by atoms with Gasteiger partial charge in [-0.1, -0.05) is 28.9 Å². The predicted molar refractivity (Wildman–Crippen MR) is 83.9 cm³/mol. The molecule has 1 aliphatic heterocycles. The van der Waals surface area contributed by atoms with Crippen LogP contribution in [0.25, 0.3) is 11.4 Å². The van der Waals surface area contributed by atoms with Crippen molar-refractivity contribution in [2.45, 2.75) is 19.4 Å². The molecule has 1 N–H and O–H groups in total. The van der Waals surface area contributed by atoms with Gasteiger partial charge in [-0.25, -0.2) is 0 Å². The first-order chi connectivity index (χ1) is 11.2. The lowest BCUT2D eigenvalue weighted by Crippen LogP contribution is -3.11. The summed E-state index contributed by atoms with van der Waals surface area (Å²) in [4.78, 5) is 17.3. The highest BCUT2D eigenvalue weighted by molar-refractivity contribution is 6.30. The van der Waals surface area contributed by atoms with Gasteiger partial charge in [-0.15, -0.1) is 0 Å². The monoisotopic (exact) mass is 336 g/mol. The number of hydrogen-bond donors (Lipinski definition) is 1. The zero-order chi connectivity index (χ0) is 16.2. The van der Waals surface area contributed by atoms with Gasteiger partial charge < -0.3 is 14.2 Å². The van der Waals surface area contributed by atoms with E-state index in [2.05, 4.69) is 10.1 Å². The number of esters is 1. The Morgan fingerprint density at radius 3 is 2.91 bits per heavy atom. The second-order valence-corrected chi connectivity index (χ2v) is 6.18. The Morgan fingerprint density at radius 2 is 2.22 bits per heavy atom. The first-order valence-electron chi connectivity index (χ1n) is 7.65. The van der Waals surface area contributed by atoms with Gasteiger partial charge in [0.05, 0.1) is 26.1 Å². The van der Waals surface area contributed by atoms with Crippen molar-refractivity contribution in [3.8, 4) is 11.4 Å². The summed E-state index contributed by atoms with van der Waals surface area (Å²) in [5.41, 5.74) is 0.840. The van der Waals surface area contributed by atoms with Crippen molar-refractivity contribution in [3.63, 3.8) is 0 Å². The Morgan fingerprint density at radius 1 is 1.43 bits per heavy atom. The molecule has 1 fully saturated rings. The highest BCUT2D eigenvalue weighted by Crippen LogP contribution is 2.19. The number of quaternary nitrogens is 1. The molecule has 0 saturated carbocycles. The maximum Gasteiger partial charge on any atom is 0.309 e. The van der Waals surface area contributed by atoms with Crippen LogP contribution in [-0.4, -0.2) is 36.3 Å². The number of methoxy groups -OCH3 is 1. The van der Waals surface area contributed by atoms with Crippen LogP contribution in [0.3, 0.4) is 0 Å². The summed E-state index contributed by atoms with van der Waals surface area (Å²) >= 11 is 5.98. The second kappa shape index (κ2) is 7.10. The van der Waals surface area contributed by atoms with Gasteiger partial charge in [-0.05, 0) is 12.1 Å². The molecular weight excluding hydrogens is 318 g/mol. The zero-order valence-corrected chi connectivity index (χ0v) is 13.7. The molecule has 3 rings (SSSR count). The number of aromatic nitrogens is 2. The fourth-order valence-corrected chi connectivity index (χ4v) is 3.08. The van der Waals surface area contributed by atoms with E-state index in [0.717, 1.165) is 31.5 Å². The van der Waals surface area contributed by atoms with Crippen LogP contribution in [0.15, 0.2) is 28.8 Å². The molecule has 0 amide bonds. The van der Waals surface area contributed by atoms with Crippen LogP contribution in [0.4, 0.5) is 0 Å². The van der Waals surface area contributed by atoms with Crippen LogP contribution in [-0.2, 0) is 16.1 Å². The lowest BCUT2D eigenvalue weighted by atomic mass is 9.97. The molecule has 0 bridgehead atoms. The van der Waals surface area contributed by atoms with Gasteiger partial charge in [-0.3, -0.25) is 4.79 Å². The lowest BCUT2D eigenvalue weighted by molar-refractivity contribution is -0.920. The molecule has 1 aliphatic rings. The first kappa shape index (κ1) is 16.0. The number of carbonyl (C=O) groups is 1. The highest BCUT2D eigenvalue weighted by Gasteiger charge is 2.29. The number of hydrogen-bond acceptors (Lipinski definition) is 5. The van der Waals surface area contributed by atoms with Gasteiger partial charge in [0.25, 0.3) is 5.89 Å². The Balaban J connectivity index is 1.59. The molecule has 2 heterocycles. The first-order valence-corrected chi connectivity index (χ1v) is 8.03. The van der Waals surface area contributed by atoms with Crippen molar-refractivity contribution in [2.24, 2.45) is 5.92 Å². The quantitative estimate of drug-likeness (QED) is 0.854. The number of halogens is 1. The fourth-order valence-electron chi connectivity index (χ4n) is 2.89. The van der Waals surface area contributed by atoms with E-state index < -0.39 is 0 Å². The molecular formula is C16H19ClN3O3+. The largest absolute Gasteiger partial charge is 0.469 e. The van der Waals surface area contributed by atoms with Crippen molar-refractivity contribution >= 4 is 17.6 Å². The van der Waals surface area contributed by atoms with Crippen molar-refractivity contribution in [2.75, 3.05) is 20.2 Å². The SMILES string of the molecule is COC(=O)C1CC[NH+](Cc2nc(-c3cccc(Cl)c3)no2)CC1. The van der Waals surface area contributed by atoms with Crippen LogP contribution in [0, 0.1) is 5.92 Å². The Bertz CT molecular complexity index is 681. The third-order valence-corrected chi connectivity index (χ3v) is 4.41. The molecule has 23 heavy (non-hydrogen) atoms. The standard InChI is InChI=1S/C16H18ClN3O3/c1-22-16(21)11-5-7-20(8-6-11)10-14-18-15(19-23-14)12-3-2-4-13(17)9-12/h2-4,9,11H,5-8,10H2,1H3/p+1. The molecule has 122 valence electrons. The normalized spacial score (nSPS) is 21.1. The summed E-state index contributed by atoms with van der Waals surface area (Å²) in [6.45, 7) is 2.46. The lowest BCUT2D eigenvalue weighted by Gasteiger charge is -2.26. The molecule has 1 aromatic carbocycles. The highest BCUT2D eigenvalue weighted by atomic mass is 35.5. The predicted octanol–water partition coefficient (Wildman–Crippen LogP) is 1.36. The van der Waals surface area contributed by atoms with Crippen LogP contribution < -0.4 is 4.90 Å². The van der Waals surface area contributed by atoms with Gasteiger partial charge in [0.1, 0.15) is 0 Å². The van der Waals surface area contributed by atoms with Crippen LogP contribution in [0.5, 0.6) is 0 Å². The van der Waals surface area contributed by atoms with E-state index in [1.54, 1.807) is 0 Å². The summed E-state index contributed by atoms with van der Waals surface area (Å²) in [5.74, 6) is 1.07. The molecule has 0 atom stereocenters. The molecule has 0 spiro atoms. The summed E-state index contributed by atoms with van der Waals surface area (Å²) in [6.07, 6.45) is 1.66. The van der Waals surface area contributed by atoms with E-state index >= 15 is 0 Å². The average Bonchev–Trinajstić information content (AvgIpc) is 3.03. The minimum Gasteiger partial charge on any atom is -0.469 e. The number of nitrogens with zero attached hydrogens (tertiary/aromatic N) is 2. The minimum atomic E-state index is -0.106. The van der Waals surface area contributed by atoms with Crippen LogP contribution in [0.2, 0.25) is 5.02 Å². The summed E-state index contributed by atoms with van der Waals surface area (Å²) < 4.78 is 10.1. The molecule has 1 aromatic heterocycles. The number of likely N-dealkylation sites (tertiary alicyclic amines) is 1. The van der Waals surface area contributed by atoms with E-state index in [9.17, 15) is 4.79 Å². The number of ether oxygens (including phenoxy) is 1. The van der Waals surface area contributed by atoms with Crippen LogP contribution in [0.1, 0.15) is 18.7 Å². The Hall–Kier alpha value is -1.92. The molecule has 2 aromatic rings. The minimum absolute atomic E-state index is 0.0217. The second-order valence-electron chi connectivity index (χ2n) is 5.75. The van der Waals surface area contributed by atoms with Gasteiger partial charge in [0, 0.05) is 23.4 Å². The molecule has 1 saturated heterocycles. The fraction of sp³-hybridized carbons (Fsp3) is 0.438. The van der Waals surface area contributed by atoms with Gasteiger partial charge in [0.2, 0.25) is 5.82 Å². The topological polar surface area (TPSA) is 69.7 Å². The Labute approximate surface area is 139 Å². The average molecular weight is 337 g/mol. The molecule has 6 nitrogen and oxygen atoms in total. The summed E-state index contributed by atoms with van der Waals surface area (Å²) in [5, 5.41) is 4.66. The molecule has 0 unspecified atom stereocenters. The number of nitrogens with one attached hydrogen (secondary N) is 1.